The number of methoxy groups -OCH3 is 1. The normalized spacial score (nSPS) is 10.5. The maximum atomic E-state index is 12.4. The quantitative estimate of drug-likeness (QED) is 0.560. The van der Waals surface area contributed by atoms with Crippen molar-refractivity contribution in [3.8, 4) is 11.5 Å². The van der Waals surface area contributed by atoms with Crippen molar-refractivity contribution in [3.63, 3.8) is 0 Å². The Morgan fingerprint density at radius 1 is 1.12 bits per heavy atom. The molecular weight excluding hydrogens is 316 g/mol. The number of rotatable bonds is 7. The van der Waals surface area contributed by atoms with Crippen molar-refractivity contribution in [3.05, 3.63) is 35.2 Å². The van der Waals surface area contributed by atoms with E-state index in [4.69, 9.17) is 18.6 Å². The van der Waals surface area contributed by atoms with Crippen molar-refractivity contribution in [1.29, 1.82) is 0 Å². The van der Waals surface area contributed by atoms with Gasteiger partial charge in [-0.1, -0.05) is 0 Å². The summed E-state index contributed by atoms with van der Waals surface area (Å²) in [5.41, 5.74) is 0.367. The van der Waals surface area contributed by atoms with Gasteiger partial charge in [-0.2, -0.15) is 5.10 Å². The molecule has 0 bridgehead atoms. The second-order valence-electron chi connectivity index (χ2n) is 4.71. The number of nitrogens with zero attached hydrogens (tertiary/aromatic N) is 2. The summed E-state index contributed by atoms with van der Waals surface area (Å²) in [6, 6.07) is 3.25. The maximum absolute atomic E-state index is 12.4. The Bertz CT molecular complexity index is 712. The average molecular weight is 334 g/mol. The Morgan fingerprint density at radius 2 is 1.88 bits per heavy atom. The van der Waals surface area contributed by atoms with E-state index in [0.29, 0.717) is 5.76 Å². The average Bonchev–Trinajstić information content (AvgIpc) is 3.09. The van der Waals surface area contributed by atoms with E-state index < -0.39 is 11.9 Å². The highest BCUT2D eigenvalue weighted by molar-refractivity contribution is 6.07. The first-order valence-corrected chi connectivity index (χ1v) is 7.34. The minimum Gasteiger partial charge on any atom is -0.463 e. The number of furan rings is 1. The molecule has 0 aliphatic heterocycles. The first-order valence-electron chi connectivity index (χ1n) is 7.34. The Hall–Kier alpha value is -2.74. The van der Waals surface area contributed by atoms with Crippen LogP contribution in [-0.2, 0) is 14.2 Å². The van der Waals surface area contributed by atoms with Gasteiger partial charge in [-0.25, -0.2) is 9.59 Å². The van der Waals surface area contributed by atoms with Gasteiger partial charge < -0.3 is 18.6 Å². The first kappa shape index (κ1) is 17.6. The summed E-state index contributed by atoms with van der Waals surface area (Å²) in [5, 5.41) is 7.92. The molecule has 0 radical (unpaired) electrons. The highest BCUT2D eigenvalue weighted by Gasteiger charge is 2.29. The number of esters is 2. The molecule has 0 aliphatic rings. The molecule has 24 heavy (non-hydrogen) atoms. The van der Waals surface area contributed by atoms with Crippen LogP contribution in [0.3, 0.4) is 0 Å². The van der Waals surface area contributed by atoms with Crippen LogP contribution < -0.4 is 0 Å². The van der Waals surface area contributed by atoms with Gasteiger partial charge in [0, 0.05) is 7.11 Å². The Kier molecular flexibility index (Phi) is 6.02. The molecule has 0 atom stereocenters. The van der Waals surface area contributed by atoms with Crippen LogP contribution in [-0.4, -0.2) is 49.1 Å². The van der Waals surface area contributed by atoms with Crippen molar-refractivity contribution < 1.29 is 28.2 Å². The zero-order valence-corrected chi connectivity index (χ0v) is 13.7. The molecule has 0 amide bonds. The van der Waals surface area contributed by atoms with Gasteiger partial charge in [-0.15, -0.1) is 5.10 Å². The van der Waals surface area contributed by atoms with Gasteiger partial charge in [0.1, 0.15) is 17.9 Å². The lowest BCUT2D eigenvalue weighted by Gasteiger charge is -2.13. The van der Waals surface area contributed by atoms with Crippen molar-refractivity contribution >= 4 is 11.9 Å². The molecule has 2 aromatic rings. The molecule has 128 valence electrons. The van der Waals surface area contributed by atoms with Gasteiger partial charge in [0.25, 0.3) is 0 Å². The summed E-state index contributed by atoms with van der Waals surface area (Å²) in [4.78, 5) is 24.8. The molecular formula is C16H18N2O6. The lowest BCUT2D eigenvalue weighted by Crippen LogP contribution is -2.20. The van der Waals surface area contributed by atoms with E-state index in [1.807, 2.05) is 0 Å². The molecule has 0 spiro atoms. The molecule has 8 heteroatoms. The number of carbonyl (C=O) groups is 2. The zero-order chi connectivity index (χ0) is 17.5. The molecule has 0 unspecified atom stereocenters. The van der Waals surface area contributed by atoms with Crippen LogP contribution in [0.5, 0.6) is 0 Å². The van der Waals surface area contributed by atoms with Crippen LogP contribution >= 0.6 is 0 Å². The number of carbonyl (C=O) groups excluding carboxylic acids is 2. The highest BCUT2D eigenvalue weighted by atomic mass is 16.6. The smallest absolute Gasteiger partial charge is 0.341 e. The first-order chi connectivity index (χ1) is 11.6. The van der Waals surface area contributed by atoms with Gasteiger partial charge in [-0.05, 0) is 26.0 Å². The molecule has 0 saturated heterocycles. The zero-order valence-electron chi connectivity index (χ0n) is 13.7. The minimum absolute atomic E-state index is 0.00551. The summed E-state index contributed by atoms with van der Waals surface area (Å²) in [6.07, 6.45) is 1.43. The third-order valence-corrected chi connectivity index (χ3v) is 3.11. The van der Waals surface area contributed by atoms with Crippen LogP contribution in [0.15, 0.2) is 22.8 Å². The fourth-order valence-electron chi connectivity index (χ4n) is 2.05. The summed E-state index contributed by atoms with van der Waals surface area (Å²) in [6.45, 7) is 3.67. The third-order valence-electron chi connectivity index (χ3n) is 3.11. The van der Waals surface area contributed by atoms with Gasteiger partial charge >= 0.3 is 11.9 Å². The maximum Gasteiger partial charge on any atom is 0.341 e. The Balaban J connectivity index is 2.53. The summed E-state index contributed by atoms with van der Waals surface area (Å²) in [7, 11) is 1.49. The molecule has 8 nitrogen and oxygen atoms in total. The largest absolute Gasteiger partial charge is 0.463 e. The monoisotopic (exact) mass is 334 g/mol. The van der Waals surface area contributed by atoms with Gasteiger partial charge in [0.05, 0.1) is 30.7 Å². The lowest BCUT2D eigenvalue weighted by atomic mass is 10.0. The number of aromatic nitrogens is 2. The van der Waals surface area contributed by atoms with Crippen LogP contribution in [0, 0.1) is 6.92 Å². The van der Waals surface area contributed by atoms with Crippen molar-refractivity contribution in [1.82, 2.24) is 10.2 Å². The van der Waals surface area contributed by atoms with Gasteiger partial charge in [0.2, 0.25) is 0 Å². The molecule has 0 fully saturated rings. The summed E-state index contributed by atoms with van der Waals surface area (Å²) < 4.78 is 20.3. The predicted octanol–water partition coefficient (Wildman–Crippen LogP) is 2.02. The van der Waals surface area contributed by atoms with E-state index in [1.165, 1.54) is 13.4 Å². The van der Waals surface area contributed by atoms with Crippen molar-refractivity contribution in [2.24, 2.45) is 0 Å². The van der Waals surface area contributed by atoms with Gasteiger partial charge in [0.15, 0.2) is 5.76 Å². The fraction of sp³-hybridized carbons (Fsp3) is 0.375. The van der Waals surface area contributed by atoms with Crippen LogP contribution in [0.1, 0.15) is 33.3 Å². The number of ether oxygens (including phenoxy) is 3. The molecule has 0 N–H and O–H groups in total. The second kappa shape index (κ2) is 8.21. The summed E-state index contributed by atoms with van der Waals surface area (Å²) in [5.74, 6) is -1.09. The highest BCUT2D eigenvalue weighted by Crippen LogP contribution is 2.27. The van der Waals surface area contributed by atoms with E-state index >= 15 is 0 Å². The fourth-order valence-corrected chi connectivity index (χ4v) is 2.05. The standard InChI is InChI=1S/C16H18N2O6/c1-4-22-16(20)13-12(15(19)24-9-8-21-3)10(2)17-18-14(13)11-6-5-7-23-11/h5-7H,4,8-9H2,1-3H3. The number of aryl methyl sites for hydroxylation is 1. The number of hydrogen-bond acceptors (Lipinski definition) is 8. The Morgan fingerprint density at radius 3 is 2.50 bits per heavy atom. The molecule has 0 aromatic carbocycles. The van der Waals surface area contributed by atoms with Crippen LogP contribution in [0.2, 0.25) is 0 Å². The van der Waals surface area contributed by atoms with E-state index in [-0.39, 0.29) is 42.3 Å². The topological polar surface area (TPSA) is 101 Å². The predicted molar refractivity (Wildman–Crippen MR) is 82.6 cm³/mol. The molecule has 2 aromatic heterocycles. The van der Waals surface area contributed by atoms with E-state index in [2.05, 4.69) is 10.2 Å². The Labute approximate surface area is 138 Å². The third kappa shape index (κ3) is 3.77. The van der Waals surface area contributed by atoms with E-state index in [1.54, 1.807) is 26.0 Å². The molecule has 0 aliphatic carbocycles. The van der Waals surface area contributed by atoms with Gasteiger partial charge in [-0.3, -0.25) is 0 Å². The van der Waals surface area contributed by atoms with Crippen LogP contribution in [0.4, 0.5) is 0 Å². The SMILES string of the molecule is CCOC(=O)c1c(-c2ccco2)nnc(C)c1C(=O)OCCOC. The second-order valence-corrected chi connectivity index (χ2v) is 4.71. The molecule has 2 rings (SSSR count). The molecule has 2 heterocycles. The summed E-state index contributed by atoms with van der Waals surface area (Å²) >= 11 is 0. The number of hydrogen-bond donors (Lipinski definition) is 0. The lowest BCUT2D eigenvalue weighted by molar-refractivity contribution is 0.0373. The van der Waals surface area contributed by atoms with Crippen molar-refractivity contribution in [2.75, 3.05) is 26.9 Å². The van der Waals surface area contributed by atoms with Crippen molar-refractivity contribution in [2.45, 2.75) is 13.8 Å². The van der Waals surface area contributed by atoms with E-state index in [0.717, 1.165) is 0 Å². The minimum atomic E-state index is -0.699. The van der Waals surface area contributed by atoms with E-state index in [9.17, 15) is 9.59 Å². The molecule has 0 saturated carbocycles. The van der Waals surface area contributed by atoms with Crippen LogP contribution in [0.25, 0.3) is 11.5 Å².